The number of nitrogens with one attached hydrogen (secondary N) is 1. The van der Waals surface area contributed by atoms with Gasteiger partial charge in [-0.15, -0.1) is 0 Å². The van der Waals surface area contributed by atoms with Crippen molar-refractivity contribution in [1.82, 2.24) is 5.32 Å². The van der Waals surface area contributed by atoms with Gasteiger partial charge in [-0.25, -0.2) is 0 Å². The maximum Gasteiger partial charge on any atom is 0.00725 e. The smallest absolute Gasteiger partial charge is 0.00725 e. The first kappa shape index (κ1) is 10.5. The Hall–Kier alpha value is -0.0400. The SMILES string of the molecule is CCC1(CC2CCC(C)CN2)CCC1. The Balaban J connectivity index is 1.79. The van der Waals surface area contributed by atoms with E-state index in [1.807, 2.05) is 0 Å². The van der Waals surface area contributed by atoms with Crippen LogP contribution in [0.25, 0.3) is 0 Å². The molecule has 1 heteroatoms. The highest BCUT2D eigenvalue weighted by Gasteiger charge is 2.37. The zero-order valence-electron chi connectivity index (χ0n) is 9.81. The summed E-state index contributed by atoms with van der Waals surface area (Å²) in [4.78, 5) is 0. The van der Waals surface area contributed by atoms with Crippen LogP contribution in [-0.2, 0) is 0 Å². The van der Waals surface area contributed by atoms with Gasteiger partial charge in [-0.1, -0.05) is 26.7 Å². The molecule has 0 amide bonds. The van der Waals surface area contributed by atoms with Crippen molar-refractivity contribution in [3.8, 4) is 0 Å². The van der Waals surface area contributed by atoms with Crippen LogP contribution in [0.1, 0.15) is 58.8 Å². The van der Waals surface area contributed by atoms with Gasteiger partial charge < -0.3 is 5.32 Å². The van der Waals surface area contributed by atoms with E-state index in [0.717, 1.165) is 17.4 Å². The van der Waals surface area contributed by atoms with Gasteiger partial charge >= 0.3 is 0 Å². The second-order valence-corrected chi connectivity index (χ2v) is 5.70. The molecule has 2 rings (SSSR count). The molecule has 1 aliphatic carbocycles. The fraction of sp³-hybridized carbons (Fsp3) is 1.00. The summed E-state index contributed by atoms with van der Waals surface area (Å²) < 4.78 is 0. The van der Waals surface area contributed by atoms with E-state index in [-0.39, 0.29) is 0 Å². The first-order valence-corrected chi connectivity index (χ1v) is 6.47. The Morgan fingerprint density at radius 1 is 1.29 bits per heavy atom. The maximum absolute atomic E-state index is 3.73. The third-order valence-electron chi connectivity index (χ3n) is 4.61. The van der Waals surface area contributed by atoms with Crippen molar-refractivity contribution in [3.63, 3.8) is 0 Å². The molecule has 0 aromatic carbocycles. The van der Waals surface area contributed by atoms with Crippen LogP contribution >= 0.6 is 0 Å². The lowest BCUT2D eigenvalue weighted by Crippen LogP contribution is -2.43. The Labute approximate surface area is 88.7 Å². The lowest BCUT2D eigenvalue weighted by molar-refractivity contribution is 0.0868. The van der Waals surface area contributed by atoms with Crippen molar-refractivity contribution >= 4 is 0 Å². The van der Waals surface area contributed by atoms with E-state index in [1.54, 1.807) is 0 Å². The van der Waals surface area contributed by atoms with E-state index in [2.05, 4.69) is 19.2 Å². The highest BCUT2D eigenvalue weighted by Crippen LogP contribution is 2.48. The number of piperidine rings is 1. The fourth-order valence-corrected chi connectivity index (χ4v) is 3.13. The van der Waals surface area contributed by atoms with Crippen molar-refractivity contribution in [2.75, 3.05) is 6.54 Å². The lowest BCUT2D eigenvalue weighted by Gasteiger charge is -2.45. The summed E-state index contributed by atoms with van der Waals surface area (Å²) >= 11 is 0. The zero-order valence-corrected chi connectivity index (χ0v) is 9.81. The molecule has 1 nitrogen and oxygen atoms in total. The Morgan fingerprint density at radius 3 is 2.50 bits per heavy atom. The number of rotatable bonds is 3. The van der Waals surface area contributed by atoms with E-state index in [0.29, 0.717) is 0 Å². The van der Waals surface area contributed by atoms with Crippen molar-refractivity contribution in [2.24, 2.45) is 11.3 Å². The van der Waals surface area contributed by atoms with Crippen LogP contribution in [-0.4, -0.2) is 12.6 Å². The van der Waals surface area contributed by atoms with Gasteiger partial charge in [-0.05, 0) is 50.0 Å². The van der Waals surface area contributed by atoms with Gasteiger partial charge in [0.2, 0.25) is 0 Å². The Kier molecular flexibility index (Phi) is 3.16. The third kappa shape index (κ3) is 2.13. The molecular weight excluding hydrogens is 170 g/mol. The minimum atomic E-state index is 0.748. The molecule has 0 spiro atoms. The molecule has 2 unspecified atom stereocenters. The number of hydrogen-bond donors (Lipinski definition) is 1. The molecule has 0 aromatic rings. The van der Waals surface area contributed by atoms with Crippen LogP contribution in [0.15, 0.2) is 0 Å². The Morgan fingerprint density at radius 2 is 2.07 bits per heavy atom. The van der Waals surface area contributed by atoms with Gasteiger partial charge in [0.05, 0.1) is 0 Å². The molecule has 1 saturated carbocycles. The van der Waals surface area contributed by atoms with Crippen molar-refractivity contribution in [2.45, 2.75) is 64.8 Å². The van der Waals surface area contributed by atoms with Gasteiger partial charge in [-0.3, -0.25) is 0 Å². The van der Waals surface area contributed by atoms with Gasteiger partial charge in [0.1, 0.15) is 0 Å². The summed E-state index contributed by atoms with van der Waals surface area (Å²) in [5, 5.41) is 3.73. The van der Waals surface area contributed by atoms with E-state index < -0.39 is 0 Å². The van der Waals surface area contributed by atoms with Gasteiger partial charge in [0, 0.05) is 6.04 Å². The van der Waals surface area contributed by atoms with Gasteiger partial charge in [0.15, 0.2) is 0 Å². The average Bonchev–Trinajstić information content (AvgIpc) is 2.15. The molecule has 1 N–H and O–H groups in total. The lowest BCUT2D eigenvalue weighted by atomic mass is 9.63. The quantitative estimate of drug-likeness (QED) is 0.728. The topological polar surface area (TPSA) is 12.0 Å². The van der Waals surface area contributed by atoms with Gasteiger partial charge in [-0.2, -0.15) is 0 Å². The standard InChI is InChI=1S/C13H25N/c1-3-13(7-4-8-13)9-12-6-5-11(2)10-14-12/h11-12,14H,3-10H2,1-2H3. The summed E-state index contributed by atoms with van der Waals surface area (Å²) in [5.74, 6) is 0.908. The molecule has 0 bridgehead atoms. The minimum Gasteiger partial charge on any atom is -0.314 e. The summed E-state index contributed by atoms with van der Waals surface area (Å²) in [6.45, 7) is 6.00. The molecule has 0 aromatic heterocycles. The molecule has 1 aliphatic heterocycles. The molecule has 2 fully saturated rings. The van der Waals surface area contributed by atoms with Crippen molar-refractivity contribution in [1.29, 1.82) is 0 Å². The van der Waals surface area contributed by atoms with Crippen LogP contribution < -0.4 is 5.32 Å². The maximum atomic E-state index is 3.73. The first-order valence-electron chi connectivity index (χ1n) is 6.47. The largest absolute Gasteiger partial charge is 0.314 e. The Bertz CT molecular complexity index is 170. The minimum absolute atomic E-state index is 0.748. The predicted octanol–water partition coefficient (Wildman–Crippen LogP) is 3.34. The first-order chi connectivity index (χ1) is 6.74. The van der Waals surface area contributed by atoms with E-state index in [4.69, 9.17) is 0 Å². The van der Waals surface area contributed by atoms with Crippen LogP contribution in [0.4, 0.5) is 0 Å². The summed E-state index contributed by atoms with van der Waals surface area (Å²) in [6, 6.07) is 0.839. The molecule has 14 heavy (non-hydrogen) atoms. The highest BCUT2D eigenvalue weighted by atomic mass is 14.9. The molecule has 1 saturated heterocycles. The fourth-order valence-electron chi connectivity index (χ4n) is 3.13. The molecular formula is C13H25N. The van der Waals surface area contributed by atoms with Gasteiger partial charge in [0.25, 0.3) is 0 Å². The van der Waals surface area contributed by atoms with Crippen molar-refractivity contribution < 1.29 is 0 Å². The van der Waals surface area contributed by atoms with Crippen LogP contribution in [0, 0.1) is 11.3 Å². The summed E-state index contributed by atoms with van der Waals surface area (Å²) in [7, 11) is 0. The highest BCUT2D eigenvalue weighted by molar-refractivity contribution is 4.91. The summed E-state index contributed by atoms with van der Waals surface area (Å²) in [5.41, 5.74) is 0.748. The van der Waals surface area contributed by atoms with Crippen LogP contribution in [0.3, 0.4) is 0 Å². The van der Waals surface area contributed by atoms with E-state index >= 15 is 0 Å². The monoisotopic (exact) mass is 195 g/mol. The number of hydrogen-bond acceptors (Lipinski definition) is 1. The zero-order chi connectivity index (χ0) is 10.0. The van der Waals surface area contributed by atoms with Crippen molar-refractivity contribution in [3.05, 3.63) is 0 Å². The molecule has 0 radical (unpaired) electrons. The molecule has 82 valence electrons. The van der Waals surface area contributed by atoms with E-state index in [9.17, 15) is 0 Å². The third-order valence-corrected chi connectivity index (χ3v) is 4.61. The van der Waals surface area contributed by atoms with E-state index in [1.165, 1.54) is 51.5 Å². The molecule has 2 atom stereocenters. The normalized spacial score (nSPS) is 36.4. The second-order valence-electron chi connectivity index (χ2n) is 5.70. The second kappa shape index (κ2) is 4.22. The predicted molar refractivity (Wildman–Crippen MR) is 61.4 cm³/mol. The molecule has 2 aliphatic rings. The van der Waals surface area contributed by atoms with Crippen LogP contribution in [0.2, 0.25) is 0 Å². The van der Waals surface area contributed by atoms with Crippen LogP contribution in [0.5, 0.6) is 0 Å². The average molecular weight is 195 g/mol. The molecule has 1 heterocycles. The summed E-state index contributed by atoms with van der Waals surface area (Å²) in [6.07, 6.45) is 10.2.